The molecule has 134 valence electrons. The van der Waals surface area contributed by atoms with Crippen LogP contribution in [0.3, 0.4) is 0 Å². The molecule has 0 aliphatic heterocycles. The first-order valence-electron chi connectivity index (χ1n) is 8.16. The molecule has 2 aromatic heterocycles. The van der Waals surface area contributed by atoms with E-state index in [1.165, 1.54) is 0 Å². The molecule has 0 atom stereocenters. The highest BCUT2D eigenvalue weighted by atomic mass is 79.9. The number of nitrogens with one attached hydrogen (secondary N) is 2. The fraction of sp³-hybridized carbons (Fsp3) is 0.222. The maximum atomic E-state index is 12.1. The maximum absolute atomic E-state index is 12.1. The molecule has 0 spiro atoms. The van der Waals surface area contributed by atoms with Crippen molar-refractivity contribution in [2.45, 2.75) is 13.8 Å². The summed E-state index contributed by atoms with van der Waals surface area (Å²) in [6.45, 7) is 4.92. The van der Waals surface area contributed by atoms with E-state index >= 15 is 0 Å². The average Bonchev–Trinajstić information content (AvgIpc) is 2.98. The Morgan fingerprint density at radius 2 is 1.92 bits per heavy atom. The molecule has 0 bridgehead atoms. The molecule has 0 radical (unpaired) electrons. The van der Waals surface area contributed by atoms with E-state index in [1.54, 1.807) is 29.2 Å². The molecule has 1 aromatic carbocycles. The van der Waals surface area contributed by atoms with Crippen molar-refractivity contribution in [1.82, 2.24) is 25.1 Å². The molecular formula is C18H19BrN6O. The number of anilines is 1. The van der Waals surface area contributed by atoms with Crippen LogP contribution in [0.5, 0.6) is 0 Å². The van der Waals surface area contributed by atoms with Gasteiger partial charge in [-0.05, 0) is 44.2 Å². The first kappa shape index (κ1) is 18.1. The van der Waals surface area contributed by atoms with Gasteiger partial charge in [-0.2, -0.15) is 5.10 Å². The molecule has 0 aliphatic carbocycles. The molecule has 7 nitrogen and oxygen atoms in total. The van der Waals surface area contributed by atoms with E-state index in [0.29, 0.717) is 30.3 Å². The number of amides is 1. The Kier molecular flexibility index (Phi) is 5.62. The SMILES string of the molecule is Cc1cc(C)n(-c2cncc(NCCNC(=O)c3ccc(Br)cc3)n2)n1. The quantitative estimate of drug-likeness (QED) is 0.605. The number of halogens is 1. The highest BCUT2D eigenvalue weighted by molar-refractivity contribution is 9.10. The molecule has 2 N–H and O–H groups in total. The second kappa shape index (κ2) is 8.09. The van der Waals surface area contributed by atoms with Gasteiger partial charge in [-0.15, -0.1) is 0 Å². The van der Waals surface area contributed by atoms with Gasteiger partial charge in [0.25, 0.3) is 5.91 Å². The Labute approximate surface area is 160 Å². The summed E-state index contributed by atoms with van der Waals surface area (Å²) in [5.74, 6) is 1.18. The lowest BCUT2D eigenvalue weighted by Crippen LogP contribution is -2.28. The smallest absolute Gasteiger partial charge is 0.251 e. The number of hydrogen-bond acceptors (Lipinski definition) is 5. The van der Waals surface area contributed by atoms with E-state index in [2.05, 4.69) is 41.6 Å². The summed E-state index contributed by atoms with van der Waals surface area (Å²) in [7, 11) is 0. The Hall–Kier alpha value is -2.74. The molecule has 26 heavy (non-hydrogen) atoms. The van der Waals surface area contributed by atoms with E-state index in [1.807, 2.05) is 32.0 Å². The second-order valence-corrected chi connectivity index (χ2v) is 6.71. The van der Waals surface area contributed by atoms with E-state index < -0.39 is 0 Å². The van der Waals surface area contributed by atoms with Gasteiger partial charge in [0.15, 0.2) is 5.82 Å². The summed E-state index contributed by atoms with van der Waals surface area (Å²) in [6.07, 6.45) is 3.31. The number of nitrogens with zero attached hydrogens (tertiary/aromatic N) is 4. The first-order valence-corrected chi connectivity index (χ1v) is 8.95. The van der Waals surface area contributed by atoms with Crippen LogP contribution in [0.25, 0.3) is 5.82 Å². The molecule has 3 aromatic rings. The number of carbonyl (C=O) groups is 1. The van der Waals surface area contributed by atoms with E-state index in [0.717, 1.165) is 15.9 Å². The third-order valence-corrected chi connectivity index (χ3v) is 4.20. The Morgan fingerprint density at radius 1 is 1.15 bits per heavy atom. The van der Waals surface area contributed by atoms with Gasteiger partial charge < -0.3 is 10.6 Å². The van der Waals surface area contributed by atoms with Crippen molar-refractivity contribution in [3.63, 3.8) is 0 Å². The lowest BCUT2D eigenvalue weighted by molar-refractivity contribution is 0.0955. The van der Waals surface area contributed by atoms with Crippen molar-refractivity contribution < 1.29 is 4.79 Å². The second-order valence-electron chi connectivity index (χ2n) is 5.79. The van der Waals surface area contributed by atoms with Gasteiger partial charge in [0.05, 0.1) is 18.1 Å². The van der Waals surface area contributed by atoms with Crippen molar-refractivity contribution in [2.75, 3.05) is 18.4 Å². The lowest BCUT2D eigenvalue weighted by Gasteiger charge is -2.09. The standard InChI is InChI=1S/C18H19BrN6O/c1-12-9-13(2)25(24-12)17-11-20-10-16(23-17)21-7-8-22-18(26)14-3-5-15(19)6-4-14/h3-6,9-11H,7-8H2,1-2H3,(H,21,23)(H,22,26). The average molecular weight is 415 g/mol. The zero-order valence-electron chi connectivity index (χ0n) is 14.5. The molecule has 0 fully saturated rings. The third-order valence-electron chi connectivity index (χ3n) is 3.67. The van der Waals surface area contributed by atoms with Crippen LogP contribution in [0.4, 0.5) is 5.82 Å². The summed E-state index contributed by atoms with van der Waals surface area (Å²) in [5, 5.41) is 10.4. The van der Waals surface area contributed by atoms with Crippen LogP contribution in [0.1, 0.15) is 21.7 Å². The summed E-state index contributed by atoms with van der Waals surface area (Å²) in [6, 6.07) is 9.21. The summed E-state index contributed by atoms with van der Waals surface area (Å²) in [4.78, 5) is 20.8. The minimum absolute atomic E-state index is 0.109. The van der Waals surface area contributed by atoms with E-state index in [9.17, 15) is 4.79 Å². The van der Waals surface area contributed by atoms with E-state index in [4.69, 9.17) is 0 Å². The van der Waals surface area contributed by atoms with Crippen molar-refractivity contribution >= 4 is 27.7 Å². The molecule has 0 saturated carbocycles. The van der Waals surface area contributed by atoms with Gasteiger partial charge in [-0.3, -0.25) is 9.78 Å². The van der Waals surface area contributed by atoms with Crippen molar-refractivity contribution in [3.05, 3.63) is 64.1 Å². The largest absolute Gasteiger partial charge is 0.367 e. The zero-order chi connectivity index (χ0) is 18.5. The van der Waals surface area contributed by atoms with Gasteiger partial charge in [-0.1, -0.05) is 15.9 Å². The zero-order valence-corrected chi connectivity index (χ0v) is 16.1. The normalized spacial score (nSPS) is 10.6. The van der Waals surface area contributed by atoms with Gasteiger partial charge in [0.2, 0.25) is 0 Å². The fourth-order valence-corrected chi connectivity index (χ4v) is 2.74. The fourth-order valence-electron chi connectivity index (χ4n) is 2.47. The van der Waals surface area contributed by atoms with Crippen LogP contribution in [0.2, 0.25) is 0 Å². The number of aryl methyl sites for hydroxylation is 2. The summed E-state index contributed by atoms with van der Waals surface area (Å²) in [5.41, 5.74) is 2.55. The molecule has 1 amide bonds. The number of hydrogen-bond donors (Lipinski definition) is 2. The summed E-state index contributed by atoms with van der Waals surface area (Å²) < 4.78 is 2.69. The Bertz CT molecular complexity index is 906. The van der Waals surface area contributed by atoms with Gasteiger partial charge in [0, 0.05) is 28.8 Å². The van der Waals surface area contributed by atoms with Crippen LogP contribution in [0, 0.1) is 13.8 Å². The molecule has 0 saturated heterocycles. The van der Waals surface area contributed by atoms with Crippen molar-refractivity contribution in [2.24, 2.45) is 0 Å². The minimum atomic E-state index is -0.109. The Morgan fingerprint density at radius 3 is 2.62 bits per heavy atom. The van der Waals surface area contributed by atoms with Crippen LogP contribution in [-0.2, 0) is 0 Å². The predicted octanol–water partition coefficient (Wildman–Crippen LogP) is 2.88. The molecule has 0 aliphatic rings. The predicted molar refractivity (Wildman–Crippen MR) is 104 cm³/mol. The molecule has 0 unspecified atom stereocenters. The Balaban J connectivity index is 1.54. The maximum Gasteiger partial charge on any atom is 0.251 e. The molecule has 2 heterocycles. The van der Waals surface area contributed by atoms with Gasteiger partial charge in [-0.25, -0.2) is 9.67 Å². The van der Waals surface area contributed by atoms with Gasteiger partial charge >= 0.3 is 0 Å². The van der Waals surface area contributed by atoms with Crippen LogP contribution in [0.15, 0.2) is 47.2 Å². The van der Waals surface area contributed by atoms with Crippen LogP contribution >= 0.6 is 15.9 Å². The first-order chi connectivity index (χ1) is 12.5. The minimum Gasteiger partial charge on any atom is -0.367 e. The molecule has 8 heteroatoms. The molecule has 3 rings (SSSR count). The monoisotopic (exact) mass is 414 g/mol. The van der Waals surface area contributed by atoms with Crippen molar-refractivity contribution in [1.29, 1.82) is 0 Å². The van der Waals surface area contributed by atoms with Crippen LogP contribution in [-0.4, -0.2) is 38.7 Å². The summed E-state index contributed by atoms with van der Waals surface area (Å²) >= 11 is 3.35. The van der Waals surface area contributed by atoms with Crippen LogP contribution < -0.4 is 10.6 Å². The number of aromatic nitrogens is 4. The van der Waals surface area contributed by atoms with Gasteiger partial charge in [0.1, 0.15) is 5.82 Å². The lowest BCUT2D eigenvalue weighted by atomic mass is 10.2. The highest BCUT2D eigenvalue weighted by Gasteiger charge is 2.07. The molecular weight excluding hydrogens is 396 g/mol. The third kappa shape index (κ3) is 4.45. The van der Waals surface area contributed by atoms with Crippen molar-refractivity contribution in [3.8, 4) is 5.82 Å². The topological polar surface area (TPSA) is 84.7 Å². The number of carbonyl (C=O) groups excluding carboxylic acids is 1. The van der Waals surface area contributed by atoms with E-state index in [-0.39, 0.29) is 5.91 Å². The highest BCUT2D eigenvalue weighted by Crippen LogP contribution is 2.11. The number of benzene rings is 1. The number of rotatable bonds is 6.